The van der Waals surface area contributed by atoms with E-state index in [1.54, 1.807) is 18.2 Å². The summed E-state index contributed by atoms with van der Waals surface area (Å²) >= 11 is 12.5. The molecule has 0 radical (unpaired) electrons. The average molecular weight is 456 g/mol. The summed E-state index contributed by atoms with van der Waals surface area (Å²) in [6.07, 6.45) is 3.59. The van der Waals surface area contributed by atoms with Crippen LogP contribution in [0.1, 0.15) is 27.9 Å². The number of nitrogens with zero attached hydrogens (tertiary/aromatic N) is 3. The van der Waals surface area contributed by atoms with Crippen molar-refractivity contribution in [2.24, 2.45) is 0 Å². The zero-order valence-electron chi connectivity index (χ0n) is 16.5. The molecule has 0 saturated carbocycles. The van der Waals surface area contributed by atoms with Crippen molar-refractivity contribution in [1.29, 1.82) is 0 Å². The molecule has 1 amide bonds. The van der Waals surface area contributed by atoms with Gasteiger partial charge >= 0.3 is 0 Å². The third-order valence-corrected chi connectivity index (χ3v) is 5.95. The largest absolute Gasteiger partial charge is 0.455 e. The Labute approximate surface area is 189 Å². The molecule has 9 heteroatoms. The summed E-state index contributed by atoms with van der Waals surface area (Å²) in [4.78, 5) is 23.1. The Bertz CT molecular complexity index is 1150. The van der Waals surface area contributed by atoms with Gasteiger partial charge < -0.3 is 15.4 Å². The van der Waals surface area contributed by atoms with E-state index in [0.717, 1.165) is 31.6 Å². The van der Waals surface area contributed by atoms with Crippen molar-refractivity contribution >= 4 is 46.4 Å². The van der Waals surface area contributed by atoms with Crippen LogP contribution in [0.2, 0.25) is 10.0 Å². The Hall–Kier alpha value is -2.87. The molecule has 5 rings (SSSR count). The number of nitrogens with one attached hydrogen (secondary N) is 2. The molecule has 0 bridgehead atoms. The van der Waals surface area contributed by atoms with Crippen molar-refractivity contribution in [3.8, 4) is 5.88 Å². The van der Waals surface area contributed by atoms with E-state index >= 15 is 0 Å². The van der Waals surface area contributed by atoms with Crippen molar-refractivity contribution in [1.82, 2.24) is 15.3 Å². The van der Waals surface area contributed by atoms with Gasteiger partial charge in [0.05, 0.1) is 15.7 Å². The number of benzene rings is 2. The first-order valence-corrected chi connectivity index (χ1v) is 10.7. The van der Waals surface area contributed by atoms with Crippen molar-refractivity contribution in [3.63, 3.8) is 0 Å². The maximum Gasteiger partial charge on any atom is 0.268 e. The monoisotopic (exact) mass is 455 g/mol. The van der Waals surface area contributed by atoms with Crippen molar-refractivity contribution in [2.45, 2.75) is 19.4 Å². The first-order chi connectivity index (χ1) is 15.1. The number of hydrogen-bond donors (Lipinski definition) is 2. The first kappa shape index (κ1) is 20.1. The number of aromatic nitrogens is 2. The molecule has 1 aromatic heterocycles. The molecule has 2 aliphatic rings. The molecule has 2 N–H and O–H groups in total. The van der Waals surface area contributed by atoms with Crippen molar-refractivity contribution in [3.05, 3.63) is 69.3 Å². The molecule has 0 fully saturated rings. The molecule has 2 aliphatic heterocycles. The van der Waals surface area contributed by atoms with Gasteiger partial charge in [0.2, 0.25) is 11.8 Å². The number of para-hydroxylation sites is 1. The summed E-state index contributed by atoms with van der Waals surface area (Å²) in [5.74, 6) is 0.267. The topological polar surface area (TPSA) is 79.4 Å². The highest BCUT2D eigenvalue weighted by molar-refractivity contribution is 6.40. The minimum atomic E-state index is -0.319. The number of carbonyl (C=O) groups excluding carboxylic acids is 1. The lowest BCUT2D eigenvalue weighted by Gasteiger charge is -2.29. The zero-order chi connectivity index (χ0) is 21.4. The molecule has 158 valence electrons. The Morgan fingerprint density at radius 1 is 1.13 bits per heavy atom. The number of fused-ring (bicyclic) bond motifs is 2. The number of rotatable bonds is 3. The van der Waals surface area contributed by atoms with E-state index < -0.39 is 0 Å². The number of hydrogen-bond acceptors (Lipinski definition) is 6. The molecule has 0 spiro atoms. The van der Waals surface area contributed by atoms with E-state index in [2.05, 4.69) is 32.7 Å². The number of carbonyl (C=O) groups is 1. The molecule has 0 unspecified atom stereocenters. The van der Waals surface area contributed by atoms with E-state index in [9.17, 15) is 4.79 Å². The van der Waals surface area contributed by atoms with Gasteiger partial charge in [-0.05, 0) is 54.8 Å². The number of amides is 1. The van der Waals surface area contributed by atoms with Crippen LogP contribution in [0.3, 0.4) is 0 Å². The fourth-order valence-corrected chi connectivity index (χ4v) is 4.39. The van der Waals surface area contributed by atoms with Gasteiger partial charge in [0, 0.05) is 18.4 Å². The normalized spacial score (nSPS) is 15.5. The minimum Gasteiger partial charge on any atom is -0.455 e. The summed E-state index contributed by atoms with van der Waals surface area (Å²) in [5, 5.41) is 7.36. The Morgan fingerprint density at radius 2 is 1.97 bits per heavy atom. The van der Waals surface area contributed by atoms with Crippen LogP contribution >= 0.6 is 23.2 Å². The van der Waals surface area contributed by atoms with Gasteiger partial charge in [-0.3, -0.25) is 9.69 Å². The number of halogens is 2. The quantitative estimate of drug-likeness (QED) is 0.602. The van der Waals surface area contributed by atoms with Gasteiger partial charge in [-0.2, -0.15) is 4.98 Å². The third-order valence-electron chi connectivity index (χ3n) is 5.34. The first-order valence-electron chi connectivity index (χ1n) is 9.95. The number of anilines is 3. The van der Waals surface area contributed by atoms with Crippen LogP contribution in [0.5, 0.6) is 5.88 Å². The predicted octanol–water partition coefficient (Wildman–Crippen LogP) is 4.56. The van der Waals surface area contributed by atoms with Crippen LogP contribution in [0.25, 0.3) is 0 Å². The molecule has 3 heterocycles. The summed E-state index contributed by atoms with van der Waals surface area (Å²) in [6, 6.07) is 11.3. The van der Waals surface area contributed by atoms with Crippen LogP contribution in [0.4, 0.5) is 17.3 Å². The standard InChI is InChI=1S/C22H19Cl2N5O2/c23-17-4-1-5-18(24)19(17)29-12-31-20-16(21(29)30)11-26-22(28-20)27-15-7-6-14-10-25-8-2-3-13(14)9-15/h1,4-7,9,11,25H,2-3,8,10,12H2,(H,26,27,28). The van der Waals surface area contributed by atoms with Crippen molar-refractivity contribution < 1.29 is 9.53 Å². The highest BCUT2D eigenvalue weighted by atomic mass is 35.5. The fourth-order valence-electron chi connectivity index (χ4n) is 3.79. The summed E-state index contributed by atoms with van der Waals surface area (Å²) in [7, 11) is 0. The highest BCUT2D eigenvalue weighted by Crippen LogP contribution is 2.37. The Kier molecular flexibility index (Phi) is 5.40. The van der Waals surface area contributed by atoms with Gasteiger partial charge in [0.1, 0.15) is 5.56 Å². The molecule has 2 aromatic carbocycles. The van der Waals surface area contributed by atoms with Gasteiger partial charge in [0.15, 0.2) is 6.73 Å². The molecule has 31 heavy (non-hydrogen) atoms. The van der Waals surface area contributed by atoms with Gasteiger partial charge in [-0.1, -0.05) is 35.3 Å². The average Bonchev–Trinajstić information content (AvgIpc) is 3.00. The maximum atomic E-state index is 13.0. The van der Waals surface area contributed by atoms with Crippen LogP contribution in [0, 0.1) is 0 Å². The van der Waals surface area contributed by atoms with Crippen LogP contribution < -0.4 is 20.3 Å². The summed E-state index contributed by atoms with van der Waals surface area (Å²) in [6.45, 7) is 1.86. The molecular formula is C22H19Cl2N5O2. The highest BCUT2D eigenvalue weighted by Gasteiger charge is 2.31. The second-order valence-corrected chi connectivity index (χ2v) is 8.19. The molecular weight excluding hydrogens is 437 g/mol. The number of aryl methyl sites for hydroxylation is 1. The molecule has 0 aliphatic carbocycles. The fraction of sp³-hybridized carbons (Fsp3) is 0.227. The second kappa shape index (κ2) is 8.34. The minimum absolute atomic E-state index is 0.0441. The van der Waals surface area contributed by atoms with E-state index in [0.29, 0.717) is 21.7 Å². The molecule has 7 nitrogen and oxygen atoms in total. The van der Waals surface area contributed by atoms with Gasteiger partial charge in [-0.25, -0.2) is 4.98 Å². The van der Waals surface area contributed by atoms with E-state index in [4.69, 9.17) is 27.9 Å². The molecule has 0 saturated heterocycles. The SMILES string of the molecule is O=C1c2cnc(Nc3ccc4c(c3)CCCNC4)nc2OCN1c1c(Cl)cccc1Cl. The lowest BCUT2D eigenvalue weighted by Crippen LogP contribution is -2.39. The van der Waals surface area contributed by atoms with Crippen molar-refractivity contribution in [2.75, 3.05) is 23.5 Å². The maximum absolute atomic E-state index is 13.0. The lowest BCUT2D eigenvalue weighted by atomic mass is 10.0. The number of ether oxygens (including phenoxy) is 1. The summed E-state index contributed by atoms with van der Waals surface area (Å²) < 4.78 is 5.74. The van der Waals surface area contributed by atoms with Crippen LogP contribution in [-0.2, 0) is 13.0 Å². The van der Waals surface area contributed by atoms with Gasteiger partial charge in [0.25, 0.3) is 5.91 Å². The van der Waals surface area contributed by atoms with E-state index in [1.807, 2.05) is 6.07 Å². The third kappa shape index (κ3) is 3.92. The smallest absolute Gasteiger partial charge is 0.268 e. The van der Waals surface area contributed by atoms with Gasteiger partial charge in [-0.15, -0.1) is 0 Å². The zero-order valence-corrected chi connectivity index (χ0v) is 18.0. The lowest BCUT2D eigenvalue weighted by molar-refractivity contribution is 0.0932. The van der Waals surface area contributed by atoms with E-state index in [-0.39, 0.29) is 24.1 Å². The molecule has 0 atom stereocenters. The van der Waals surface area contributed by atoms with E-state index in [1.165, 1.54) is 22.2 Å². The summed E-state index contributed by atoms with van der Waals surface area (Å²) in [5.41, 5.74) is 4.17. The van der Waals surface area contributed by atoms with Crippen LogP contribution in [-0.4, -0.2) is 29.2 Å². The Morgan fingerprint density at radius 3 is 2.81 bits per heavy atom. The predicted molar refractivity (Wildman–Crippen MR) is 121 cm³/mol. The Balaban J connectivity index is 1.39. The second-order valence-electron chi connectivity index (χ2n) is 7.38. The molecule has 3 aromatic rings. The van der Waals surface area contributed by atoms with Crippen LogP contribution in [0.15, 0.2) is 42.6 Å².